The van der Waals surface area contributed by atoms with Crippen molar-refractivity contribution in [2.45, 2.75) is 56.0 Å². The number of hydrogen-bond donors (Lipinski definition) is 1. The van der Waals surface area contributed by atoms with E-state index in [1.165, 1.54) is 33.5 Å². The van der Waals surface area contributed by atoms with Crippen LogP contribution in [0.15, 0.2) is 56.6 Å². The molecular formula is C23H25N3O5S. The second-order valence-electron chi connectivity index (χ2n) is 8.44. The molecule has 0 saturated heterocycles. The molecule has 1 fully saturated rings. The zero-order chi connectivity index (χ0) is 22.3. The second-order valence-corrected chi connectivity index (χ2v) is 10.3. The highest BCUT2D eigenvalue weighted by Crippen LogP contribution is 2.33. The van der Waals surface area contributed by atoms with E-state index >= 15 is 0 Å². The lowest BCUT2D eigenvalue weighted by atomic mass is 9.95. The minimum Gasteiger partial charge on any atom is -0.408 e. The molecular weight excluding hydrogens is 430 g/mol. The summed E-state index contributed by atoms with van der Waals surface area (Å²) in [5.41, 5.74) is 2.20. The highest BCUT2D eigenvalue weighted by Gasteiger charge is 2.31. The molecule has 3 aromatic rings. The van der Waals surface area contributed by atoms with Gasteiger partial charge in [-0.05, 0) is 43.0 Å². The zero-order valence-electron chi connectivity index (χ0n) is 17.6. The Labute approximate surface area is 185 Å². The van der Waals surface area contributed by atoms with Gasteiger partial charge in [-0.25, -0.2) is 13.2 Å². The van der Waals surface area contributed by atoms with Gasteiger partial charge < -0.3 is 9.73 Å². The molecule has 1 saturated carbocycles. The lowest BCUT2D eigenvalue weighted by Crippen LogP contribution is -2.39. The highest BCUT2D eigenvalue weighted by atomic mass is 32.2. The molecule has 0 unspecified atom stereocenters. The Kier molecular flexibility index (Phi) is 5.28. The van der Waals surface area contributed by atoms with Gasteiger partial charge in [0.15, 0.2) is 5.58 Å². The SMILES string of the molecule is O=C(Cn1c(=O)oc2cc(S(=O)(=O)N3CCc4ccccc43)ccc21)NC1CCCCC1. The van der Waals surface area contributed by atoms with Crippen LogP contribution >= 0.6 is 0 Å². The first kappa shape index (κ1) is 20.8. The fraction of sp³-hybridized carbons (Fsp3) is 0.391. The number of nitrogens with one attached hydrogen (secondary N) is 1. The summed E-state index contributed by atoms with van der Waals surface area (Å²) in [5.74, 6) is -0.924. The summed E-state index contributed by atoms with van der Waals surface area (Å²) in [7, 11) is -3.81. The summed E-state index contributed by atoms with van der Waals surface area (Å²) >= 11 is 0. The van der Waals surface area contributed by atoms with Gasteiger partial charge in [-0.2, -0.15) is 0 Å². The van der Waals surface area contributed by atoms with Crippen LogP contribution < -0.4 is 15.4 Å². The molecule has 0 atom stereocenters. The molecule has 2 heterocycles. The van der Waals surface area contributed by atoms with E-state index in [-0.39, 0.29) is 29.0 Å². The molecule has 1 amide bonds. The van der Waals surface area contributed by atoms with Crippen LogP contribution in [0.5, 0.6) is 0 Å². The van der Waals surface area contributed by atoms with Crippen LogP contribution in [0.1, 0.15) is 37.7 Å². The molecule has 2 aliphatic rings. The lowest BCUT2D eigenvalue weighted by Gasteiger charge is -2.22. The summed E-state index contributed by atoms with van der Waals surface area (Å²) in [6.45, 7) is 0.208. The van der Waals surface area contributed by atoms with Crippen LogP contribution in [-0.4, -0.2) is 31.5 Å². The van der Waals surface area contributed by atoms with Crippen molar-refractivity contribution < 1.29 is 17.6 Å². The summed E-state index contributed by atoms with van der Waals surface area (Å²) in [5, 5.41) is 2.99. The number of rotatable bonds is 5. The van der Waals surface area contributed by atoms with Crippen molar-refractivity contribution in [3.8, 4) is 0 Å². The quantitative estimate of drug-likeness (QED) is 0.638. The first-order chi connectivity index (χ1) is 15.4. The summed E-state index contributed by atoms with van der Waals surface area (Å²) in [6.07, 6.45) is 5.93. The number of para-hydroxylation sites is 1. The van der Waals surface area contributed by atoms with Crippen molar-refractivity contribution in [2.24, 2.45) is 0 Å². The normalized spacial score (nSPS) is 16.9. The fourth-order valence-electron chi connectivity index (χ4n) is 4.71. The maximum Gasteiger partial charge on any atom is 0.420 e. The van der Waals surface area contributed by atoms with Crippen LogP contribution in [-0.2, 0) is 27.8 Å². The third kappa shape index (κ3) is 3.70. The largest absolute Gasteiger partial charge is 0.420 e. The minimum atomic E-state index is -3.81. The molecule has 0 spiro atoms. The monoisotopic (exact) mass is 455 g/mol. The Morgan fingerprint density at radius 2 is 1.88 bits per heavy atom. The van der Waals surface area contributed by atoms with E-state index in [1.54, 1.807) is 6.07 Å². The van der Waals surface area contributed by atoms with Crippen molar-refractivity contribution in [2.75, 3.05) is 10.8 Å². The fourth-order valence-corrected chi connectivity index (χ4v) is 6.22. The summed E-state index contributed by atoms with van der Waals surface area (Å²) < 4.78 is 34.5. The van der Waals surface area contributed by atoms with Crippen LogP contribution in [0.4, 0.5) is 5.69 Å². The van der Waals surface area contributed by atoms with Crippen molar-refractivity contribution >= 4 is 32.7 Å². The van der Waals surface area contributed by atoms with Gasteiger partial charge in [-0.1, -0.05) is 37.5 Å². The lowest BCUT2D eigenvalue weighted by molar-refractivity contribution is -0.122. The number of nitrogens with zero attached hydrogens (tertiary/aromatic N) is 2. The van der Waals surface area contributed by atoms with E-state index in [0.717, 1.165) is 31.2 Å². The third-order valence-electron chi connectivity index (χ3n) is 6.34. The Balaban J connectivity index is 1.41. The number of carbonyl (C=O) groups excluding carboxylic acids is 1. The van der Waals surface area contributed by atoms with Crippen LogP contribution in [0.3, 0.4) is 0 Å². The molecule has 5 rings (SSSR count). The Bertz CT molecular complexity index is 1340. The minimum absolute atomic E-state index is 0.0502. The summed E-state index contributed by atoms with van der Waals surface area (Å²) in [4.78, 5) is 24.9. The van der Waals surface area contributed by atoms with E-state index in [1.807, 2.05) is 18.2 Å². The first-order valence-corrected chi connectivity index (χ1v) is 12.4. The number of anilines is 1. The number of sulfonamides is 1. The number of hydrogen-bond acceptors (Lipinski definition) is 5. The van der Waals surface area contributed by atoms with Crippen molar-refractivity contribution in [1.29, 1.82) is 0 Å². The van der Waals surface area contributed by atoms with Crippen LogP contribution in [0.25, 0.3) is 11.1 Å². The standard InChI is InChI=1S/C23H25N3O5S/c27-22(24-17-7-2-1-3-8-17)15-25-20-11-10-18(14-21(20)31-23(25)28)32(29,30)26-13-12-16-6-4-5-9-19(16)26/h4-6,9-11,14,17H,1-3,7-8,12-13,15H2,(H,24,27). The third-order valence-corrected chi connectivity index (χ3v) is 8.15. The van der Waals surface area contributed by atoms with Gasteiger partial charge >= 0.3 is 5.76 Å². The van der Waals surface area contributed by atoms with Gasteiger partial charge in [0.1, 0.15) is 6.54 Å². The van der Waals surface area contributed by atoms with E-state index in [9.17, 15) is 18.0 Å². The Morgan fingerprint density at radius 3 is 2.69 bits per heavy atom. The maximum absolute atomic E-state index is 13.3. The molecule has 2 aromatic carbocycles. The number of aromatic nitrogens is 1. The van der Waals surface area contributed by atoms with Gasteiger partial charge in [0.25, 0.3) is 10.0 Å². The van der Waals surface area contributed by atoms with E-state index in [0.29, 0.717) is 24.2 Å². The molecule has 8 nitrogen and oxygen atoms in total. The molecule has 1 aromatic heterocycles. The average Bonchev–Trinajstić information content (AvgIpc) is 3.35. The van der Waals surface area contributed by atoms with Gasteiger partial charge in [0.2, 0.25) is 5.91 Å². The topological polar surface area (TPSA) is 102 Å². The molecule has 0 radical (unpaired) electrons. The molecule has 0 bridgehead atoms. The molecule has 168 valence electrons. The predicted octanol–water partition coefficient (Wildman–Crippen LogP) is 2.79. The number of oxazole rings is 1. The number of benzene rings is 2. The molecule has 1 aliphatic carbocycles. The number of amides is 1. The molecule has 32 heavy (non-hydrogen) atoms. The highest BCUT2D eigenvalue weighted by molar-refractivity contribution is 7.92. The Morgan fingerprint density at radius 1 is 1.09 bits per heavy atom. The number of carbonyl (C=O) groups is 1. The maximum atomic E-state index is 13.3. The second kappa shape index (κ2) is 8.12. The summed E-state index contributed by atoms with van der Waals surface area (Å²) in [6, 6.07) is 11.9. The number of fused-ring (bicyclic) bond motifs is 2. The van der Waals surface area contributed by atoms with Crippen molar-refractivity contribution in [1.82, 2.24) is 9.88 Å². The van der Waals surface area contributed by atoms with Crippen LogP contribution in [0, 0.1) is 0 Å². The molecule has 1 N–H and O–H groups in total. The van der Waals surface area contributed by atoms with Crippen molar-refractivity contribution in [3.05, 3.63) is 58.6 Å². The smallest absolute Gasteiger partial charge is 0.408 e. The zero-order valence-corrected chi connectivity index (χ0v) is 18.4. The molecule has 9 heteroatoms. The van der Waals surface area contributed by atoms with E-state index in [4.69, 9.17) is 4.42 Å². The first-order valence-electron chi connectivity index (χ1n) is 11.0. The predicted molar refractivity (Wildman–Crippen MR) is 120 cm³/mol. The van der Waals surface area contributed by atoms with E-state index in [2.05, 4.69) is 5.32 Å². The van der Waals surface area contributed by atoms with Gasteiger partial charge in [0.05, 0.1) is 16.1 Å². The van der Waals surface area contributed by atoms with Gasteiger partial charge in [-0.15, -0.1) is 0 Å². The molecule has 1 aliphatic heterocycles. The van der Waals surface area contributed by atoms with Crippen LogP contribution in [0.2, 0.25) is 0 Å². The van der Waals surface area contributed by atoms with Crippen molar-refractivity contribution in [3.63, 3.8) is 0 Å². The average molecular weight is 456 g/mol. The Hall–Kier alpha value is -3.07. The van der Waals surface area contributed by atoms with E-state index < -0.39 is 15.8 Å². The van der Waals surface area contributed by atoms with Gasteiger partial charge in [0, 0.05) is 18.7 Å². The van der Waals surface area contributed by atoms with Gasteiger partial charge in [-0.3, -0.25) is 13.7 Å².